The lowest BCUT2D eigenvalue weighted by Crippen LogP contribution is -2.46. The molecule has 190 valence electrons. The third kappa shape index (κ3) is 6.44. The lowest BCUT2D eigenvalue weighted by Gasteiger charge is -2.36. The second-order valence-corrected chi connectivity index (χ2v) is 10.5. The van der Waals surface area contributed by atoms with Gasteiger partial charge >= 0.3 is 0 Å². The van der Waals surface area contributed by atoms with Crippen molar-refractivity contribution in [3.8, 4) is 5.75 Å². The van der Waals surface area contributed by atoms with E-state index in [0.717, 1.165) is 49.7 Å². The fourth-order valence-corrected chi connectivity index (χ4v) is 5.31. The van der Waals surface area contributed by atoms with Crippen LogP contribution in [0, 0.1) is 0 Å². The van der Waals surface area contributed by atoms with Crippen LogP contribution in [0.2, 0.25) is 0 Å². The van der Waals surface area contributed by atoms with Crippen molar-refractivity contribution in [3.05, 3.63) is 109 Å². The Kier molecular flexibility index (Phi) is 7.62. The van der Waals surface area contributed by atoms with E-state index in [0.29, 0.717) is 6.61 Å². The van der Waals surface area contributed by atoms with E-state index in [9.17, 15) is 8.42 Å². The maximum absolute atomic E-state index is 12.7. The molecule has 3 aromatic carbocycles. The summed E-state index contributed by atoms with van der Waals surface area (Å²) in [5.74, 6) is 1.16. The molecule has 0 bridgehead atoms. The van der Waals surface area contributed by atoms with Gasteiger partial charge in [-0.25, -0.2) is 18.4 Å². The van der Waals surface area contributed by atoms with E-state index in [1.54, 1.807) is 12.1 Å². The quantitative estimate of drug-likeness (QED) is 0.358. The number of piperazine rings is 1. The van der Waals surface area contributed by atoms with Crippen LogP contribution >= 0.6 is 0 Å². The molecular formula is C28H29N5O3S. The maximum Gasteiger partial charge on any atom is 0.263 e. The average Bonchev–Trinajstić information content (AvgIpc) is 2.94. The van der Waals surface area contributed by atoms with Gasteiger partial charge in [-0.05, 0) is 42.0 Å². The summed E-state index contributed by atoms with van der Waals surface area (Å²) in [5.41, 5.74) is 3.33. The molecule has 5 rings (SSSR count). The number of nitrogens with one attached hydrogen (secondary N) is 1. The van der Waals surface area contributed by atoms with Crippen molar-refractivity contribution in [2.24, 2.45) is 0 Å². The van der Waals surface area contributed by atoms with E-state index in [4.69, 9.17) is 4.74 Å². The first-order chi connectivity index (χ1) is 18.1. The molecule has 1 aromatic heterocycles. The number of para-hydroxylation sites is 1. The lowest BCUT2D eigenvalue weighted by molar-refractivity contribution is 0.240. The SMILES string of the molecule is O=S(=O)(Nc1ccncn1)c1ccc(N2CCN(Cc3ccccc3OCc3ccccc3)CC2)cc1. The number of anilines is 2. The topological polar surface area (TPSA) is 87.7 Å². The molecule has 8 nitrogen and oxygen atoms in total. The van der Waals surface area contributed by atoms with Crippen molar-refractivity contribution in [3.63, 3.8) is 0 Å². The van der Waals surface area contributed by atoms with Gasteiger partial charge in [0.25, 0.3) is 10.0 Å². The zero-order valence-electron chi connectivity index (χ0n) is 20.4. The molecule has 0 atom stereocenters. The minimum atomic E-state index is -3.71. The lowest BCUT2D eigenvalue weighted by atomic mass is 10.1. The first kappa shape index (κ1) is 24.7. The molecular weight excluding hydrogens is 486 g/mol. The highest BCUT2D eigenvalue weighted by atomic mass is 32.2. The van der Waals surface area contributed by atoms with Crippen molar-refractivity contribution in [1.82, 2.24) is 14.9 Å². The standard InChI is InChI=1S/C28H29N5O3S/c34-37(35,31-28-14-15-29-22-30-28)26-12-10-25(11-13-26)33-18-16-32(17-19-33)20-24-8-4-5-9-27(24)36-21-23-6-2-1-3-7-23/h1-15,22H,16-21H2,(H,29,30,31). The smallest absolute Gasteiger partial charge is 0.263 e. The Hall–Kier alpha value is -3.95. The van der Waals surface area contributed by atoms with Gasteiger partial charge in [0, 0.05) is 50.2 Å². The van der Waals surface area contributed by atoms with E-state index in [1.807, 2.05) is 42.5 Å². The average molecular weight is 516 g/mol. The first-order valence-electron chi connectivity index (χ1n) is 12.2. The van der Waals surface area contributed by atoms with Crippen LogP contribution in [-0.4, -0.2) is 49.5 Å². The van der Waals surface area contributed by atoms with Crippen molar-refractivity contribution >= 4 is 21.5 Å². The van der Waals surface area contributed by atoms with Crippen LogP contribution in [0.25, 0.3) is 0 Å². The summed E-state index contributed by atoms with van der Waals surface area (Å²) >= 11 is 0. The molecule has 1 aliphatic rings. The van der Waals surface area contributed by atoms with Crippen LogP contribution in [0.5, 0.6) is 5.75 Å². The Balaban J connectivity index is 1.16. The van der Waals surface area contributed by atoms with Gasteiger partial charge in [0.15, 0.2) is 0 Å². The third-order valence-corrected chi connectivity index (χ3v) is 7.68. The van der Waals surface area contributed by atoms with Gasteiger partial charge in [0.05, 0.1) is 4.90 Å². The van der Waals surface area contributed by atoms with E-state index in [2.05, 4.69) is 48.8 Å². The fraction of sp³-hybridized carbons (Fsp3) is 0.214. The molecule has 1 aliphatic heterocycles. The normalized spacial score (nSPS) is 14.3. The number of aromatic nitrogens is 2. The van der Waals surface area contributed by atoms with Crippen molar-refractivity contribution in [2.45, 2.75) is 18.0 Å². The molecule has 37 heavy (non-hydrogen) atoms. The van der Waals surface area contributed by atoms with Gasteiger partial charge < -0.3 is 9.64 Å². The molecule has 1 N–H and O–H groups in total. The van der Waals surface area contributed by atoms with Crippen LogP contribution in [0.3, 0.4) is 0 Å². The van der Waals surface area contributed by atoms with Crippen LogP contribution in [0.1, 0.15) is 11.1 Å². The zero-order chi connectivity index (χ0) is 25.5. The Morgan fingerprint density at radius 2 is 1.57 bits per heavy atom. The van der Waals surface area contributed by atoms with Gasteiger partial charge in [0.1, 0.15) is 24.5 Å². The number of rotatable bonds is 9. The summed E-state index contributed by atoms with van der Waals surface area (Å²) in [7, 11) is -3.71. The Morgan fingerprint density at radius 1 is 0.838 bits per heavy atom. The summed E-state index contributed by atoms with van der Waals surface area (Å²) in [6, 6.07) is 26.9. The minimum absolute atomic E-state index is 0.195. The molecule has 4 aromatic rings. The van der Waals surface area contributed by atoms with E-state index in [1.165, 1.54) is 24.2 Å². The molecule has 0 radical (unpaired) electrons. The van der Waals surface area contributed by atoms with Crippen LogP contribution in [0.4, 0.5) is 11.5 Å². The third-order valence-electron chi connectivity index (χ3n) is 6.31. The minimum Gasteiger partial charge on any atom is -0.489 e. The molecule has 9 heteroatoms. The molecule has 0 saturated carbocycles. The summed E-state index contributed by atoms with van der Waals surface area (Å²) in [5, 5.41) is 0. The maximum atomic E-state index is 12.7. The molecule has 0 aliphatic carbocycles. The summed E-state index contributed by atoms with van der Waals surface area (Å²) < 4.78 is 33.9. The highest BCUT2D eigenvalue weighted by Gasteiger charge is 2.20. The molecule has 1 fully saturated rings. The number of hydrogen-bond acceptors (Lipinski definition) is 7. The van der Waals surface area contributed by atoms with Crippen molar-refractivity contribution < 1.29 is 13.2 Å². The molecule has 2 heterocycles. The summed E-state index contributed by atoms with van der Waals surface area (Å²) in [4.78, 5) is 12.6. The van der Waals surface area contributed by atoms with E-state index < -0.39 is 10.0 Å². The summed E-state index contributed by atoms with van der Waals surface area (Å²) in [6.07, 6.45) is 2.79. The first-order valence-corrected chi connectivity index (χ1v) is 13.7. The van der Waals surface area contributed by atoms with Crippen LogP contribution in [0.15, 0.2) is 102 Å². The monoisotopic (exact) mass is 515 g/mol. The second-order valence-electron chi connectivity index (χ2n) is 8.84. The van der Waals surface area contributed by atoms with Crippen LogP contribution < -0.4 is 14.4 Å². The Labute approximate surface area is 217 Å². The molecule has 0 amide bonds. The zero-order valence-corrected chi connectivity index (χ0v) is 21.2. The number of ether oxygens (including phenoxy) is 1. The molecule has 0 unspecified atom stereocenters. The van der Waals surface area contributed by atoms with Crippen molar-refractivity contribution in [2.75, 3.05) is 35.8 Å². The van der Waals surface area contributed by atoms with E-state index >= 15 is 0 Å². The number of hydrogen-bond donors (Lipinski definition) is 1. The predicted octanol–water partition coefficient (Wildman–Crippen LogP) is 4.18. The number of sulfonamides is 1. The predicted molar refractivity (Wildman–Crippen MR) is 144 cm³/mol. The summed E-state index contributed by atoms with van der Waals surface area (Å²) in [6.45, 7) is 4.90. The van der Waals surface area contributed by atoms with Gasteiger partial charge in [-0.3, -0.25) is 9.62 Å². The van der Waals surface area contributed by atoms with Crippen molar-refractivity contribution in [1.29, 1.82) is 0 Å². The van der Waals surface area contributed by atoms with Gasteiger partial charge in [-0.15, -0.1) is 0 Å². The molecule has 0 spiro atoms. The number of benzene rings is 3. The number of nitrogens with zero attached hydrogens (tertiary/aromatic N) is 4. The van der Waals surface area contributed by atoms with Gasteiger partial charge in [-0.2, -0.15) is 0 Å². The fourth-order valence-electron chi connectivity index (χ4n) is 4.30. The Bertz CT molecular complexity index is 1390. The Morgan fingerprint density at radius 3 is 2.30 bits per heavy atom. The van der Waals surface area contributed by atoms with Gasteiger partial charge in [0.2, 0.25) is 0 Å². The van der Waals surface area contributed by atoms with Gasteiger partial charge in [-0.1, -0.05) is 48.5 Å². The second kappa shape index (κ2) is 11.4. The van der Waals surface area contributed by atoms with E-state index in [-0.39, 0.29) is 10.7 Å². The highest BCUT2D eigenvalue weighted by molar-refractivity contribution is 7.92. The molecule has 1 saturated heterocycles. The largest absolute Gasteiger partial charge is 0.489 e. The van der Waals surface area contributed by atoms with Crippen LogP contribution in [-0.2, 0) is 23.2 Å². The highest BCUT2D eigenvalue weighted by Crippen LogP contribution is 2.24.